The molecule has 0 atom stereocenters. The number of hydrogen-bond acceptors (Lipinski definition) is 3. The van der Waals surface area contributed by atoms with Gasteiger partial charge in [-0.25, -0.2) is 4.79 Å². The van der Waals surface area contributed by atoms with E-state index in [1.54, 1.807) is 6.07 Å². The van der Waals surface area contributed by atoms with Crippen LogP contribution in [0.3, 0.4) is 0 Å². The Balaban J connectivity index is 2.25. The van der Waals surface area contributed by atoms with Crippen LogP contribution < -0.4 is 0 Å². The molecule has 0 fully saturated rings. The maximum absolute atomic E-state index is 10.7. The van der Waals surface area contributed by atoms with Gasteiger partial charge in [-0.2, -0.15) is 0 Å². The predicted molar refractivity (Wildman–Crippen MR) is 65.7 cm³/mol. The molecule has 0 amide bonds. The smallest absolute Gasteiger partial charge is 0.371 e. The highest BCUT2D eigenvalue weighted by Crippen LogP contribution is 2.32. The highest BCUT2D eigenvalue weighted by molar-refractivity contribution is 7.99. The van der Waals surface area contributed by atoms with Crippen LogP contribution in [0.2, 0.25) is 0 Å². The van der Waals surface area contributed by atoms with Gasteiger partial charge in [-0.1, -0.05) is 23.9 Å². The standard InChI is InChI=1S/C13H12O3S/c1-8-3-4-9(2)11(7-8)17-12-6-5-10(16-12)13(14)15/h3-7H,1-2H3,(H,14,15). The summed E-state index contributed by atoms with van der Waals surface area (Å²) in [7, 11) is 0. The van der Waals surface area contributed by atoms with E-state index in [9.17, 15) is 4.79 Å². The maximum atomic E-state index is 10.7. The topological polar surface area (TPSA) is 50.4 Å². The minimum atomic E-state index is -1.04. The first-order chi connectivity index (χ1) is 8.06. The molecule has 4 heteroatoms. The molecule has 0 radical (unpaired) electrons. The average Bonchev–Trinajstić information content (AvgIpc) is 2.72. The summed E-state index contributed by atoms with van der Waals surface area (Å²) in [5.41, 5.74) is 2.32. The molecule has 0 aliphatic rings. The Morgan fingerprint density at radius 2 is 2.00 bits per heavy atom. The van der Waals surface area contributed by atoms with Crippen LogP contribution in [-0.4, -0.2) is 11.1 Å². The van der Waals surface area contributed by atoms with Crippen LogP contribution in [0.25, 0.3) is 0 Å². The van der Waals surface area contributed by atoms with E-state index in [0.29, 0.717) is 5.09 Å². The van der Waals surface area contributed by atoms with Gasteiger partial charge in [-0.15, -0.1) is 0 Å². The lowest BCUT2D eigenvalue weighted by Gasteiger charge is -2.04. The van der Waals surface area contributed by atoms with Gasteiger partial charge in [-0.05, 0) is 43.2 Å². The van der Waals surface area contributed by atoms with E-state index < -0.39 is 5.97 Å². The summed E-state index contributed by atoms with van der Waals surface area (Å²) in [4.78, 5) is 11.8. The zero-order chi connectivity index (χ0) is 12.4. The Morgan fingerprint density at radius 3 is 2.65 bits per heavy atom. The lowest BCUT2D eigenvalue weighted by atomic mass is 10.2. The first-order valence-electron chi connectivity index (χ1n) is 5.14. The number of carboxylic acids is 1. The lowest BCUT2D eigenvalue weighted by Crippen LogP contribution is -1.91. The number of aryl methyl sites for hydroxylation is 2. The number of aromatic carboxylic acids is 1. The fourth-order valence-corrected chi connectivity index (χ4v) is 2.37. The number of furan rings is 1. The Kier molecular flexibility index (Phi) is 3.24. The number of benzene rings is 1. The molecule has 0 unspecified atom stereocenters. The van der Waals surface area contributed by atoms with Crippen LogP contribution in [0, 0.1) is 13.8 Å². The Morgan fingerprint density at radius 1 is 1.24 bits per heavy atom. The summed E-state index contributed by atoms with van der Waals surface area (Å²) in [5.74, 6) is -1.07. The largest absolute Gasteiger partial charge is 0.475 e. The van der Waals surface area contributed by atoms with Gasteiger partial charge < -0.3 is 9.52 Å². The van der Waals surface area contributed by atoms with Crippen molar-refractivity contribution in [3.63, 3.8) is 0 Å². The molecule has 17 heavy (non-hydrogen) atoms. The fourth-order valence-electron chi connectivity index (χ4n) is 1.42. The molecule has 1 N–H and O–H groups in total. The Hall–Kier alpha value is -1.68. The van der Waals surface area contributed by atoms with E-state index in [1.807, 2.05) is 26.0 Å². The zero-order valence-corrected chi connectivity index (χ0v) is 10.4. The molecule has 0 aliphatic carbocycles. The molecule has 88 valence electrons. The van der Waals surface area contributed by atoms with E-state index in [0.717, 1.165) is 10.5 Å². The van der Waals surface area contributed by atoms with Crippen LogP contribution in [0.15, 0.2) is 44.7 Å². The van der Waals surface area contributed by atoms with Crippen molar-refractivity contribution in [3.05, 3.63) is 47.2 Å². The van der Waals surface area contributed by atoms with Crippen molar-refractivity contribution in [2.45, 2.75) is 23.8 Å². The molecular weight excluding hydrogens is 236 g/mol. The van der Waals surface area contributed by atoms with E-state index >= 15 is 0 Å². The summed E-state index contributed by atoms with van der Waals surface area (Å²) in [6, 6.07) is 9.29. The van der Waals surface area contributed by atoms with Crippen molar-refractivity contribution in [3.8, 4) is 0 Å². The maximum Gasteiger partial charge on any atom is 0.371 e. The molecule has 0 aliphatic heterocycles. The lowest BCUT2D eigenvalue weighted by molar-refractivity contribution is 0.0656. The van der Waals surface area contributed by atoms with Crippen molar-refractivity contribution >= 4 is 17.7 Å². The second kappa shape index (κ2) is 4.67. The number of carboxylic acid groups (broad SMARTS) is 1. The van der Waals surface area contributed by atoms with Gasteiger partial charge in [-0.3, -0.25) is 0 Å². The average molecular weight is 248 g/mol. The van der Waals surface area contributed by atoms with Gasteiger partial charge in [0.1, 0.15) is 0 Å². The normalized spacial score (nSPS) is 10.5. The van der Waals surface area contributed by atoms with Crippen LogP contribution in [-0.2, 0) is 0 Å². The monoisotopic (exact) mass is 248 g/mol. The van der Waals surface area contributed by atoms with Gasteiger partial charge in [0.15, 0.2) is 5.09 Å². The third-order valence-corrected chi connectivity index (χ3v) is 3.43. The van der Waals surface area contributed by atoms with Crippen molar-refractivity contribution in [2.24, 2.45) is 0 Å². The van der Waals surface area contributed by atoms with Crippen molar-refractivity contribution in [2.75, 3.05) is 0 Å². The van der Waals surface area contributed by atoms with Gasteiger partial charge in [0.25, 0.3) is 0 Å². The van der Waals surface area contributed by atoms with E-state index in [2.05, 4.69) is 6.07 Å². The zero-order valence-electron chi connectivity index (χ0n) is 9.56. The molecule has 2 aromatic rings. The van der Waals surface area contributed by atoms with Crippen molar-refractivity contribution < 1.29 is 14.3 Å². The SMILES string of the molecule is Cc1ccc(C)c(Sc2ccc(C(=O)O)o2)c1. The van der Waals surface area contributed by atoms with Crippen molar-refractivity contribution in [1.82, 2.24) is 0 Å². The highest BCUT2D eigenvalue weighted by Gasteiger charge is 2.10. The number of hydrogen-bond donors (Lipinski definition) is 1. The van der Waals surface area contributed by atoms with Crippen LogP contribution in [0.4, 0.5) is 0 Å². The fraction of sp³-hybridized carbons (Fsp3) is 0.154. The van der Waals surface area contributed by atoms with Gasteiger partial charge in [0.2, 0.25) is 5.76 Å². The van der Waals surface area contributed by atoms with Gasteiger partial charge in [0, 0.05) is 4.90 Å². The minimum absolute atomic E-state index is 0.0298. The number of carbonyl (C=O) groups is 1. The summed E-state index contributed by atoms with van der Waals surface area (Å²) in [6.07, 6.45) is 0. The first-order valence-corrected chi connectivity index (χ1v) is 5.96. The van der Waals surface area contributed by atoms with Crippen LogP contribution in [0.1, 0.15) is 21.7 Å². The first kappa shape index (κ1) is 11.8. The quantitative estimate of drug-likeness (QED) is 0.898. The molecule has 2 rings (SSSR count). The predicted octanol–water partition coefficient (Wildman–Crippen LogP) is 3.75. The molecule has 1 aromatic heterocycles. The molecule has 3 nitrogen and oxygen atoms in total. The third-order valence-electron chi connectivity index (χ3n) is 2.35. The van der Waals surface area contributed by atoms with Gasteiger partial charge >= 0.3 is 5.97 Å². The van der Waals surface area contributed by atoms with Gasteiger partial charge in [0.05, 0.1) is 0 Å². The van der Waals surface area contributed by atoms with E-state index in [4.69, 9.17) is 9.52 Å². The highest BCUT2D eigenvalue weighted by atomic mass is 32.2. The molecule has 0 saturated carbocycles. The third kappa shape index (κ3) is 2.71. The summed E-state index contributed by atoms with van der Waals surface area (Å²) < 4.78 is 5.21. The minimum Gasteiger partial charge on any atom is -0.475 e. The molecule has 0 spiro atoms. The second-order valence-corrected chi connectivity index (χ2v) is 4.84. The van der Waals surface area contributed by atoms with Crippen LogP contribution in [0.5, 0.6) is 0 Å². The molecule has 0 saturated heterocycles. The molecular formula is C13H12O3S. The van der Waals surface area contributed by atoms with Crippen molar-refractivity contribution in [1.29, 1.82) is 0 Å². The number of rotatable bonds is 3. The van der Waals surface area contributed by atoms with E-state index in [1.165, 1.54) is 23.4 Å². The summed E-state index contributed by atoms with van der Waals surface area (Å²) in [6.45, 7) is 4.04. The molecule has 0 bridgehead atoms. The molecule has 1 heterocycles. The molecule has 1 aromatic carbocycles. The van der Waals surface area contributed by atoms with E-state index in [-0.39, 0.29) is 5.76 Å². The Bertz CT molecular complexity index is 558. The summed E-state index contributed by atoms with van der Waals surface area (Å²) in [5, 5.41) is 9.35. The summed E-state index contributed by atoms with van der Waals surface area (Å²) >= 11 is 1.44. The van der Waals surface area contributed by atoms with Crippen LogP contribution >= 0.6 is 11.8 Å². The Labute approximate surface area is 103 Å². The second-order valence-electron chi connectivity index (χ2n) is 3.79.